The summed E-state index contributed by atoms with van der Waals surface area (Å²) in [6, 6.07) is 3.78. The minimum absolute atomic E-state index is 0.0729. The van der Waals surface area contributed by atoms with Crippen LogP contribution >= 0.6 is 0 Å². The normalized spacial score (nSPS) is 17.9. The second-order valence-electron chi connectivity index (χ2n) is 3.96. The van der Waals surface area contributed by atoms with Crippen molar-refractivity contribution in [3.63, 3.8) is 0 Å². The van der Waals surface area contributed by atoms with E-state index in [-0.39, 0.29) is 17.4 Å². The summed E-state index contributed by atoms with van der Waals surface area (Å²) in [6.45, 7) is 1.19. The van der Waals surface area contributed by atoms with Crippen LogP contribution in [0.3, 0.4) is 0 Å². The molecule has 1 heterocycles. The maximum Gasteiger partial charge on any atom is 0.335 e. The molecule has 7 heteroatoms. The molecule has 0 aliphatic carbocycles. The van der Waals surface area contributed by atoms with Gasteiger partial charge in [0.25, 0.3) is 5.69 Å². The molecule has 1 atom stereocenters. The van der Waals surface area contributed by atoms with Crippen LogP contribution in [0.5, 0.6) is 0 Å². The van der Waals surface area contributed by atoms with Gasteiger partial charge in [-0.3, -0.25) is 10.1 Å². The summed E-state index contributed by atoms with van der Waals surface area (Å²) in [5.41, 5.74) is -0.0399. The number of carboxylic acid groups (broad SMARTS) is 1. The summed E-state index contributed by atoms with van der Waals surface area (Å²) < 4.78 is 5.19. The summed E-state index contributed by atoms with van der Waals surface area (Å²) in [6.07, 6.45) is 0.998. The summed E-state index contributed by atoms with van der Waals surface area (Å²) in [5, 5.41) is 22.6. The maximum atomic E-state index is 10.9. The number of nitrogens with zero attached hydrogens (tertiary/aromatic N) is 1. The molecule has 2 N–H and O–H groups in total. The Morgan fingerprint density at radius 2 is 2.33 bits per heavy atom. The Balaban J connectivity index is 2.16. The van der Waals surface area contributed by atoms with Gasteiger partial charge in [0, 0.05) is 19.2 Å². The number of carbonyl (C=O) groups is 1. The molecule has 1 aromatic carbocycles. The first-order chi connectivity index (χ1) is 8.58. The van der Waals surface area contributed by atoms with Crippen LogP contribution in [0.2, 0.25) is 0 Å². The molecular formula is C11H12N2O5. The number of aromatic carboxylic acids is 1. The highest BCUT2D eigenvalue weighted by molar-refractivity contribution is 5.89. The van der Waals surface area contributed by atoms with E-state index < -0.39 is 10.9 Å². The summed E-state index contributed by atoms with van der Waals surface area (Å²) in [4.78, 5) is 21.0. The molecule has 18 heavy (non-hydrogen) atoms. The second kappa shape index (κ2) is 5.01. The van der Waals surface area contributed by atoms with Crippen LogP contribution in [0, 0.1) is 10.1 Å². The molecule has 1 aliphatic heterocycles. The molecule has 96 valence electrons. The van der Waals surface area contributed by atoms with Gasteiger partial charge < -0.3 is 15.2 Å². The summed E-state index contributed by atoms with van der Waals surface area (Å²) >= 11 is 0. The van der Waals surface area contributed by atoms with E-state index in [4.69, 9.17) is 9.84 Å². The topological polar surface area (TPSA) is 102 Å². The second-order valence-corrected chi connectivity index (χ2v) is 3.96. The van der Waals surface area contributed by atoms with Gasteiger partial charge >= 0.3 is 5.97 Å². The predicted molar refractivity (Wildman–Crippen MR) is 62.9 cm³/mol. The van der Waals surface area contributed by atoms with E-state index in [1.165, 1.54) is 12.1 Å². The number of anilines is 1. The lowest BCUT2D eigenvalue weighted by Gasteiger charge is -2.26. The lowest BCUT2D eigenvalue weighted by atomic mass is 10.1. The van der Waals surface area contributed by atoms with E-state index in [1.807, 2.05) is 0 Å². The highest BCUT2D eigenvalue weighted by Crippen LogP contribution is 2.26. The number of rotatable bonds is 5. The van der Waals surface area contributed by atoms with Crippen molar-refractivity contribution in [1.29, 1.82) is 0 Å². The monoisotopic (exact) mass is 252 g/mol. The van der Waals surface area contributed by atoms with Gasteiger partial charge in [-0.25, -0.2) is 4.79 Å². The maximum absolute atomic E-state index is 10.9. The molecule has 0 bridgehead atoms. The van der Waals surface area contributed by atoms with Gasteiger partial charge in [-0.15, -0.1) is 0 Å². The third kappa shape index (κ3) is 2.57. The summed E-state index contributed by atoms with van der Waals surface area (Å²) in [5.74, 6) is -1.19. The van der Waals surface area contributed by atoms with E-state index in [2.05, 4.69) is 5.32 Å². The van der Waals surface area contributed by atoms with Gasteiger partial charge in [0.2, 0.25) is 0 Å². The quantitative estimate of drug-likeness (QED) is 0.608. The van der Waals surface area contributed by atoms with Crippen LogP contribution in [-0.4, -0.2) is 35.3 Å². The Kier molecular flexibility index (Phi) is 3.42. The van der Waals surface area contributed by atoms with Crippen LogP contribution < -0.4 is 5.32 Å². The lowest BCUT2D eigenvalue weighted by molar-refractivity contribution is -0.384. The number of nitro benzene ring substituents is 1. The molecule has 2 rings (SSSR count). The van der Waals surface area contributed by atoms with Gasteiger partial charge in [-0.05, 0) is 18.6 Å². The zero-order valence-electron chi connectivity index (χ0n) is 9.46. The molecule has 0 radical (unpaired) electrons. The molecule has 1 aromatic rings. The number of carboxylic acids is 1. The fourth-order valence-corrected chi connectivity index (χ4v) is 1.63. The number of ether oxygens (including phenoxy) is 1. The van der Waals surface area contributed by atoms with E-state index in [0.29, 0.717) is 18.8 Å². The number of benzene rings is 1. The molecule has 0 unspecified atom stereocenters. The van der Waals surface area contributed by atoms with Crippen LogP contribution in [-0.2, 0) is 4.74 Å². The van der Waals surface area contributed by atoms with Gasteiger partial charge in [0.1, 0.15) is 5.69 Å². The zero-order chi connectivity index (χ0) is 13.1. The average molecular weight is 252 g/mol. The molecule has 0 aromatic heterocycles. The van der Waals surface area contributed by atoms with Crippen molar-refractivity contribution < 1.29 is 19.6 Å². The molecule has 7 nitrogen and oxygen atoms in total. The molecule has 1 saturated heterocycles. The van der Waals surface area contributed by atoms with Crippen LogP contribution in [0.25, 0.3) is 0 Å². The first-order valence-electron chi connectivity index (χ1n) is 5.45. The van der Waals surface area contributed by atoms with E-state index in [0.717, 1.165) is 12.5 Å². The standard InChI is InChI=1S/C11H12N2O5/c14-11(15)7-1-2-9(10(5-7)13(16)17)12-6-8-3-4-18-8/h1-2,5,8,12H,3-4,6H2,(H,14,15)/t8-/m0/s1. The minimum Gasteiger partial charge on any atom is -0.478 e. The van der Waals surface area contributed by atoms with Gasteiger partial charge in [-0.2, -0.15) is 0 Å². The first kappa shape index (κ1) is 12.3. The molecular weight excluding hydrogens is 240 g/mol. The van der Waals surface area contributed by atoms with Crippen molar-refractivity contribution in [2.24, 2.45) is 0 Å². The fraction of sp³-hybridized carbons (Fsp3) is 0.364. The van der Waals surface area contributed by atoms with Crippen LogP contribution in [0.15, 0.2) is 18.2 Å². The molecule has 0 saturated carbocycles. The summed E-state index contributed by atoms with van der Waals surface area (Å²) in [7, 11) is 0. The van der Waals surface area contributed by atoms with E-state index >= 15 is 0 Å². The third-order valence-electron chi connectivity index (χ3n) is 2.75. The van der Waals surface area contributed by atoms with Gasteiger partial charge in [-0.1, -0.05) is 0 Å². The van der Waals surface area contributed by atoms with Crippen LogP contribution in [0.4, 0.5) is 11.4 Å². The Morgan fingerprint density at radius 1 is 1.61 bits per heavy atom. The van der Waals surface area contributed by atoms with E-state index in [9.17, 15) is 14.9 Å². The van der Waals surface area contributed by atoms with Crippen LogP contribution in [0.1, 0.15) is 16.8 Å². The average Bonchev–Trinajstić information content (AvgIpc) is 2.26. The first-order valence-corrected chi connectivity index (χ1v) is 5.45. The van der Waals surface area contributed by atoms with Gasteiger partial charge in [0.05, 0.1) is 16.6 Å². The largest absolute Gasteiger partial charge is 0.478 e. The van der Waals surface area contributed by atoms with Crippen molar-refractivity contribution in [3.05, 3.63) is 33.9 Å². The highest BCUT2D eigenvalue weighted by atomic mass is 16.6. The minimum atomic E-state index is -1.19. The lowest BCUT2D eigenvalue weighted by Crippen LogP contribution is -2.33. The molecule has 0 amide bonds. The Labute approximate surface area is 103 Å². The van der Waals surface area contributed by atoms with E-state index in [1.54, 1.807) is 0 Å². The predicted octanol–water partition coefficient (Wildman–Crippen LogP) is 1.49. The van der Waals surface area contributed by atoms with Gasteiger partial charge in [0.15, 0.2) is 0 Å². The van der Waals surface area contributed by atoms with Crippen molar-refractivity contribution >= 4 is 17.3 Å². The smallest absolute Gasteiger partial charge is 0.335 e. The fourth-order valence-electron chi connectivity index (χ4n) is 1.63. The molecule has 1 fully saturated rings. The number of nitrogens with one attached hydrogen (secondary N) is 1. The number of hydrogen-bond donors (Lipinski definition) is 2. The van der Waals surface area contributed by atoms with Crippen molar-refractivity contribution in [2.75, 3.05) is 18.5 Å². The zero-order valence-corrected chi connectivity index (χ0v) is 9.46. The third-order valence-corrected chi connectivity index (χ3v) is 2.75. The highest BCUT2D eigenvalue weighted by Gasteiger charge is 2.21. The van der Waals surface area contributed by atoms with Crippen molar-refractivity contribution in [1.82, 2.24) is 0 Å². The number of nitro groups is 1. The SMILES string of the molecule is O=C(O)c1ccc(NC[C@@H]2CCO2)c([N+](=O)[O-])c1. The Hall–Kier alpha value is -2.15. The Bertz CT molecular complexity index is 484. The Morgan fingerprint density at radius 3 is 2.83 bits per heavy atom. The van der Waals surface area contributed by atoms with Crippen molar-refractivity contribution in [2.45, 2.75) is 12.5 Å². The molecule has 0 spiro atoms. The number of hydrogen-bond acceptors (Lipinski definition) is 5. The molecule has 1 aliphatic rings. The van der Waals surface area contributed by atoms with Crippen molar-refractivity contribution in [3.8, 4) is 0 Å².